The van der Waals surface area contributed by atoms with Crippen molar-refractivity contribution in [2.45, 2.75) is 50.8 Å². The highest BCUT2D eigenvalue weighted by Gasteiger charge is 2.43. The van der Waals surface area contributed by atoms with Crippen molar-refractivity contribution in [1.82, 2.24) is 9.88 Å². The van der Waals surface area contributed by atoms with Gasteiger partial charge in [-0.2, -0.15) is 0 Å². The smallest absolute Gasteiger partial charge is 0.335 e. The number of likely N-dealkylation sites (tertiary alicyclic amines) is 1. The second-order valence-electron chi connectivity index (χ2n) is 9.14. The lowest BCUT2D eigenvalue weighted by molar-refractivity contribution is -0.0676. The summed E-state index contributed by atoms with van der Waals surface area (Å²) in [6.07, 6.45) is 6.13. The van der Waals surface area contributed by atoms with Crippen LogP contribution in [0.25, 0.3) is 10.9 Å². The number of carboxylic acid groups (broad SMARTS) is 1. The van der Waals surface area contributed by atoms with Crippen LogP contribution in [0.5, 0.6) is 5.75 Å². The van der Waals surface area contributed by atoms with Gasteiger partial charge in [-0.3, -0.25) is 4.90 Å². The molecule has 0 radical (unpaired) electrons. The maximum Gasteiger partial charge on any atom is 0.335 e. The normalized spacial score (nSPS) is 23.8. The molecule has 32 heavy (non-hydrogen) atoms. The second-order valence-corrected chi connectivity index (χ2v) is 9.14. The minimum Gasteiger partial charge on any atom is -0.496 e. The van der Waals surface area contributed by atoms with Crippen LogP contribution in [-0.2, 0) is 11.3 Å². The van der Waals surface area contributed by atoms with E-state index in [-0.39, 0.29) is 11.6 Å². The number of fused-ring (bicyclic) bond motifs is 1. The molecule has 0 amide bonds. The van der Waals surface area contributed by atoms with Gasteiger partial charge in [-0.1, -0.05) is 12.1 Å². The Kier molecular flexibility index (Phi) is 5.43. The van der Waals surface area contributed by atoms with Crippen LogP contribution < -0.4 is 4.74 Å². The number of carbonyl (C=O) groups is 1. The molecule has 1 spiro atoms. The summed E-state index contributed by atoms with van der Waals surface area (Å²) in [5, 5.41) is 10.5. The van der Waals surface area contributed by atoms with Gasteiger partial charge in [0.1, 0.15) is 5.75 Å². The number of aromatic amines is 1. The van der Waals surface area contributed by atoms with Gasteiger partial charge in [-0.25, -0.2) is 4.79 Å². The van der Waals surface area contributed by atoms with E-state index in [1.807, 2.05) is 18.3 Å². The van der Waals surface area contributed by atoms with Crippen LogP contribution in [0.4, 0.5) is 0 Å². The number of H-pyrrole nitrogens is 1. The number of aromatic carboxylic acids is 1. The first-order valence-electron chi connectivity index (χ1n) is 11.3. The molecule has 0 bridgehead atoms. The monoisotopic (exact) mass is 434 g/mol. The third kappa shape index (κ3) is 3.67. The zero-order valence-corrected chi connectivity index (χ0v) is 18.7. The average molecular weight is 435 g/mol. The molecule has 2 N–H and O–H groups in total. The van der Waals surface area contributed by atoms with E-state index in [0.29, 0.717) is 5.56 Å². The van der Waals surface area contributed by atoms with Gasteiger partial charge in [-0.15, -0.1) is 0 Å². The Hall–Kier alpha value is -2.83. The van der Waals surface area contributed by atoms with Gasteiger partial charge in [0.2, 0.25) is 0 Å². The lowest BCUT2D eigenvalue weighted by Crippen LogP contribution is -2.45. The fourth-order valence-corrected chi connectivity index (χ4v) is 5.55. The highest BCUT2D eigenvalue weighted by atomic mass is 16.5. The first-order valence-corrected chi connectivity index (χ1v) is 11.3. The topological polar surface area (TPSA) is 74.8 Å². The van der Waals surface area contributed by atoms with E-state index in [2.05, 4.69) is 28.9 Å². The molecule has 0 aliphatic carbocycles. The maximum atomic E-state index is 11.3. The van der Waals surface area contributed by atoms with Gasteiger partial charge in [0, 0.05) is 48.4 Å². The Balaban J connectivity index is 1.52. The molecule has 168 valence electrons. The van der Waals surface area contributed by atoms with Crippen LogP contribution in [0.1, 0.15) is 58.8 Å². The van der Waals surface area contributed by atoms with Gasteiger partial charge < -0.3 is 19.6 Å². The summed E-state index contributed by atoms with van der Waals surface area (Å²) < 4.78 is 12.1. The van der Waals surface area contributed by atoms with E-state index >= 15 is 0 Å². The third-order valence-corrected chi connectivity index (χ3v) is 7.28. The number of nitrogens with zero attached hydrogens (tertiary/aromatic N) is 1. The van der Waals surface area contributed by atoms with E-state index < -0.39 is 5.97 Å². The van der Waals surface area contributed by atoms with Crippen molar-refractivity contribution >= 4 is 16.9 Å². The van der Waals surface area contributed by atoms with E-state index in [4.69, 9.17) is 9.47 Å². The maximum absolute atomic E-state index is 11.3. The van der Waals surface area contributed by atoms with Gasteiger partial charge in [0.15, 0.2) is 0 Å². The number of nitrogens with one attached hydrogen (secondary N) is 1. The number of aryl methyl sites for hydroxylation is 1. The summed E-state index contributed by atoms with van der Waals surface area (Å²) in [6.45, 7) is 4.62. The number of hydrogen-bond donors (Lipinski definition) is 2. The van der Waals surface area contributed by atoms with Crippen LogP contribution in [0.3, 0.4) is 0 Å². The largest absolute Gasteiger partial charge is 0.496 e. The number of aromatic nitrogens is 1. The highest BCUT2D eigenvalue weighted by molar-refractivity contribution is 5.88. The second kappa shape index (κ2) is 8.26. The molecule has 6 nitrogen and oxygen atoms in total. The fourth-order valence-electron chi connectivity index (χ4n) is 5.55. The van der Waals surface area contributed by atoms with Crippen LogP contribution >= 0.6 is 0 Å². The molecule has 2 saturated heterocycles. The number of methoxy groups -OCH3 is 1. The Morgan fingerprint density at radius 3 is 2.78 bits per heavy atom. The summed E-state index contributed by atoms with van der Waals surface area (Å²) in [5.41, 5.74) is 4.90. The molecular weight excluding hydrogens is 404 g/mol. The number of rotatable bonds is 5. The Morgan fingerprint density at radius 2 is 2.09 bits per heavy atom. The van der Waals surface area contributed by atoms with Crippen molar-refractivity contribution in [3.8, 4) is 5.75 Å². The predicted octanol–water partition coefficient (Wildman–Crippen LogP) is 5.07. The van der Waals surface area contributed by atoms with E-state index in [1.54, 1.807) is 19.2 Å². The number of piperidine rings is 1. The van der Waals surface area contributed by atoms with Crippen molar-refractivity contribution in [3.05, 3.63) is 64.8 Å². The van der Waals surface area contributed by atoms with Crippen LogP contribution in [-0.4, -0.2) is 46.8 Å². The third-order valence-electron chi connectivity index (χ3n) is 7.28. The molecule has 0 unspecified atom stereocenters. The molecule has 2 fully saturated rings. The van der Waals surface area contributed by atoms with Gasteiger partial charge >= 0.3 is 5.97 Å². The zero-order valence-electron chi connectivity index (χ0n) is 18.7. The van der Waals surface area contributed by atoms with Crippen molar-refractivity contribution in [2.75, 3.05) is 20.3 Å². The fraction of sp³-hybridized carbons (Fsp3) is 0.423. The molecule has 2 atom stereocenters. The molecule has 2 aliphatic rings. The van der Waals surface area contributed by atoms with Gasteiger partial charge in [0.25, 0.3) is 0 Å². The van der Waals surface area contributed by atoms with Crippen LogP contribution in [0, 0.1) is 6.92 Å². The SMILES string of the molecule is COc1cc(C)c2[nH]ccc2c1CN1CC[C@@]2(CCCO2)C[C@H]1c1ccc(C(=O)O)cc1. The Labute approximate surface area is 188 Å². The summed E-state index contributed by atoms with van der Waals surface area (Å²) in [7, 11) is 1.73. The average Bonchev–Trinajstić information content (AvgIpc) is 3.47. The van der Waals surface area contributed by atoms with Crippen molar-refractivity contribution in [2.24, 2.45) is 0 Å². The summed E-state index contributed by atoms with van der Waals surface area (Å²) in [4.78, 5) is 17.2. The van der Waals surface area contributed by atoms with Crippen molar-refractivity contribution in [1.29, 1.82) is 0 Å². The molecule has 6 heteroatoms. The lowest BCUT2D eigenvalue weighted by atomic mass is 9.81. The van der Waals surface area contributed by atoms with Crippen molar-refractivity contribution < 1.29 is 19.4 Å². The lowest BCUT2D eigenvalue weighted by Gasteiger charge is -2.45. The zero-order chi connectivity index (χ0) is 22.3. The van der Waals surface area contributed by atoms with Crippen LogP contribution in [0.15, 0.2) is 42.6 Å². The van der Waals surface area contributed by atoms with Gasteiger partial charge in [0.05, 0.1) is 18.3 Å². The predicted molar refractivity (Wildman–Crippen MR) is 123 cm³/mol. The minimum atomic E-state index is -0.896. The first kappa shape index (κ1) is 21.0. The van der Waals surface area contributed by atoms with Gasteiger partial charge in [-0.05, 0) is 68.0 Å². The number of hydrogen-bond acceptors (Lipinski definition) is 4. The summed E-state index contributed by atoms with van der Waals surface area (Å²) in [6, 6.07) is 11.7. The molecular formula is C26H30N2O4. The minimum absolute atomic E-state index is 0.0621. The van der Waals surface area contributed by atoms with Crippen molar-refractivity contribution in [3.63, 3.8) is 0 Å². The van der Waals surface area contributed by atoms with E-state index in [1.165, 1.54) is 16.5 Å². The molecule has 3 aromatic rings. The number of benzene rings is 2. The molecule has 0 saturated carbocycles. The molecule has 5 rings (SSSR count). The number of ether oxygens (including phenoxy) is 2. The molecule has 1 aromatic heterocycles. The summed E-state index contributed by atoms with van der Waals surface area (Å²) in [5.74, 6) is 0.0128. The standard InChI is InChI=1S/C26H30N2O4/c1-17-14-23(31-2)21(20-8-11-27-24(17)20)16-28-12-10-26(9-3-13-32-26)15-22(28)18-4-6-19(7-5-18)25(29)30/h4-8,11,14,22,27H,3,9-10,12-13,15-16H2,1-2H3,(H,29,30)/t22-,26-/m0/s1. The van der Waals surface area contributed by atoms with E-state index in [0.717, 1.165) is 62.2 Å². The molecule has 2 aromatic carbocycles. The quantitative estimate of drug-likeness (QED) is 0.586. The Bertz CT molecular complexity index is 1130. The van der Waals surface area contributed by atoms with E-state index in [9.17, 15) is 9.90 Å². The summed E-state index contributed by atoms with van der Waals surface area (Å²) >= 11 is 0. The van der Waals surface area contributed by atoms with Crippen LogP contribution in [0.2, 0.25) is 0 Å². The molecule has 3 heterocycles. The number of carboxylic acids is 1. The molecule has 2 aliphatic heterocycles. The first-order chi connectivity index (χ1) is 15.5. The highest BCUT2D eigenvalue weighted by Crippen LogP contribution is 2.45. The Morgan fingerprint density at radius 1 is 1.28 bits per heavy atom.